The summed E-state index contributed by atoms with van der Waals surface area (Å²) in [6.45, 7) is 9.28. The van der Waals surface area contributed by atoms with E-state index in [0.717, 1.165) is 30.4 Å². The van der Waals surface area contributed by atoms with Crippen molar-refractivity contribution >= 4 is 30.7 Å². The molecule has 1 saturated heterocycles. The number of hydrogen-bond acceptors (Lipinski definition) is 3. The number of nitrogens with zero attached hydrogens (tertiary/aromatic N) is 1. The van der Waals surface area contributed by atoms with Crippen molar-refractivity contribution in [3.8, 4) is 0 Å². The Morgan fingerprint density at radius 2 is 1.68 bits per heavy atom. The van der Waals surface area contributed by atoms with Crippen LogP contribution in [0.15, 0.2) is 24.3 Å². The Morgan fingerprint density at radius 1 is 1.12 bits per heavy atom. The maximum absolute atomic E-state index is 11.6. The molecule has 0 bridgehead atoms. The van der Waals surface area contributed by atoms with Gasteiger partial charge in [-0.3, -0.25) is 9.69 Å². The summed E-state index contributed by atoms with van der Waals surface area (Å²) in [5, 5.41) is 2.94. The molecule has 144 valence electrons. The predicted molar refractivity (Wildman–Crippen MR) is 109 cm³/mol. The molecule has 6 heteroatoms. The van der Waals surface area contributed by atoms with Crippen LogP contribution in [0.2, 0.25) is 0 Å². The van der Waals surface area contributed by atoms with Gasteiger partial charge in [-0.1, -0.05) is 38.1 Å². The average molecular weight is 390 g/mol. The van der Waals surface area contributed by atoms with E-state index in [1.807, 2.05) is 0 Å². The predicted octanol–water partition coefficient (Wildman–Crippen LogP) is 3.36. The molecule has 0 aliphatic carbocycles. The van der Waals surface area contributed by atoms with Gasteiger partial charge in [-0.2, -0.15) is 0 Å². The summed E-state index contributed by atoms with van der Waals surface area (Å²) >= 11 is 0. The van der Waals surface area contributed by atoms with Crippen molar-refractivity contribution in [2.75, 3.05) is 19.6 Å². The molecule has 1 aliphatic rings. The fourth-order valence-electron chi connectivity index (χ4n) is 3.49. The molecule has 0 spiro atoms. The van der Waals surface area contributed by atoms with E-state index in [1.165, 1.54) is 25.1 Å². The quantitative estimate of drug-likeness (QED) is 0.751. The first kappa shape index (κ1) is 24.2. The zero-order valence-corrected chi connectivity index (χ0v) is 17.0. The third-order valence-electron chi connectivity index (χ3n) is 4.47. The van der Waals surface area contributed by atoms with Crippen molar-refractivity contribution in [1.82, 2.24) is 10.2 Å². The molecule has 2 rings (SSSR count). The third-order valence-corrected chi connectivity index (χ3v) is 4.47. The normalized spacial score (nSPS) is 20.3. The zero-order chi connectivity index (χ0) is 16.7. The van der Waals surface area contributed by atoms with Crippen LogP contribution in [0.1, 0.15) is 44.2 Å². The minimum Gasteiger partial charge on any atom is -0.352 e. The van der Waals surface area contributed by atoms with Crippen LogP contribution < -0.4 is 11.1 Å². The first-order chi connectivity index (χ1) is 11.1. The molecule has 1 heterocycles. The maximum Gasteiger partial charge on any atom is 0.220 e. The van der Waals surface area contributed by atoms with Gasteiger partial charge in [-0.05, 0) is 42.3 Å². The van der Waals surface area contributed by atoms with Gasteiger partial charge in [-0.25, -0.2) is 0 Å². The fraction of sp³-hybridized carbons (Fsp3) is 0.632. The molecule has 3 N–H and O–H groups in total. The summed E-state index contributed by atoms with van der Waals surface area (Å²) in [5.74, 6) is 1.67. The molecular weight excluding hydrogens is 357 g/mol. The third kappa shape index (κ3) is 8.91. The smallest absolute Gasteiger partial charge is 0.220 e. The highest BCUT2D eigenvalue weighted by molar-refractivity contribution is 5.85. The number of nitrogens with one attached hydrogen (secondary N) is 1. The Kier molecular flexibility index (Phi) is 12.1. The minimum absolute atomic E-state index is 0. The number of halogens is 2. The van der Waals surface area contributed by atoms with Crippen LogP contribution in [-0.4, -0.2) is 30.4 Å². The van der Waals surface area contributed by atoms with Crippen molar-refractivity contribution in [2.45, 2.75) is 46.2 Å². The second-order valence-electron chi connectivity index (χ2n) is 7.13. The number of piperidine rings is 1. The zero-order valence-electron chi connectivity index (χ0n) is 15.4. The monoisotopic (exact) mass is 389 g/mol. The molecule has 1 aliphatic heterocycles. The molecule has 1 fully saturated rings. The number of likely N-dealkylation sites (tertiary alicyclic amines) is 1. The highest BCUT2D eigenvalue weighted by atomic mass is 35.5. The molecule has 25 heavy (non-hydrogen) atoms. The van der Waals surface area contributed by atoms with Gasteiger partial charge < -0.3 is 11.1 Å². The Labute approximate surface area is 164 Å². The number of hydrogen-bond donors (Lipinski definition) is 2. The van der Waals surface area contributed by atoms with E-state index < -0.39 is 0 Å². The molecule has 1 aromatic rings. The molecule has 0 aromatic heterocycles. The van der Waals surface area contributed by atoms with Crippen molar-refractivity contribution in [1.29, 1.82) is 0 Å². The van der Waals surface area contributed by atoms with Crippen molar-refractivity contribution in [3.05, 3.63) is 35.4 Å². The molecule has 1 amide bonds. The van der Waals surface area contributed by atoms with Gasteiger partial charge in [0.2, 0.25) is 5.91 Å². The molecule has 2 atom stereocenters. The van der Waals surface area contributed by atoms with Gasteiger partial charge in [-0.15, -0.1) is 24.8 Å². The highest BCUT2D eigenvalue weighted by Crippen LogP contribution is 2.22. The van der Waals surface area contributed by atoms with Gasteiger partial charge in [0.1, 0.15) is 0 Å². The maximum atomic E-state index is 11.6. The SMILES string of the molecule is CC1CC(C)CN(Cc2ccc(CNC(=O)CCCN)cc2)C1.Cl.Cl. The topological polar surface area (TPSA) is 58.4 Å². The molecule has 2 unspecified atom stereocenters. The van der Waals surface area contributed by atoms with E-state index >= 15 is 0 Å². The minimum atomic E-state index is 0. The number of carbonyl (C=O) groups excluding carboxylic acids is 1. The largest absolute Gasteiger partial charge is 0.352 e. The summed E-state index contributed by atoms with van der Waals surface area (Å²) in [7, 11) is 0. The van der Waals surface area contributed by atoms with Crippen LogP contribution in [0.4, 0.5) is 0 Å². The van der Waals surface area contributed by atoms with Gasteiger partial charge in [0.05, 0.1) is 0 Å². The Morgan fingerprint density at radius 3 is 2.24 bits per heavy atom. The molecule has 0 saturated carbocycles. The van der Waals surface area contributed by atoms with E-state index in [2.05, 4.69) is 48.3 Å². The summed E-state index contributed by atoms with van der Waals surface area (Å²) in [6, 6.07) is 8.61. The lowest BCUT2D eigenvalue weighted by molar-refractivity contribution is -0.121. The van der Waals surface area contributed by atoms with E-state index in [1.54, 1.807) is 0 Å². The van der Waals surface area contributed by atoms with Crippen molar-refractivity contribution in [3.63, 3.8) is 0 Å². The first-order valence-corrected chi connectivity index (χ1v) is 8.83. The lowest BCUT2D eigenvalue weighted by Crippen LogP contribution is -2.38. The van der Waals surface area contributed by atoms with Gasteiger partial charge in [0.25, 0.3) is 0 Å². The Bertz CT molecular complexity index is 486. The van der Waals surface area contributed by atoms with Crippen molar-refractivity contribution in [2.24, 2.45) is 17.6 Å². The van der Waals surface area contributed by atoms with Crippen LogP contribution in [-0.2, 0) is 17.9 Å². The Hall–Kier alpha value is -0.810. The number of carbonyl (C=O) groups is 1. The van der Waals surface area contributed by atoms with Crippen LogP contribution in [0.5, 0.6) is 0 Å². The molecular formula is C19H33Cl2N3O. The second-order valence-corrected chi connectivity index (χ2v) is 7.13. The molecule has 0 radical (unpaired) electrons. The van der Waals surface area contributed by atoms with Crippen LogP contribution >= 0.6 is 24.8 Å². The summed E-state index contributed by atoms with van der Waals surface area (Å²) in [6.07, 6.45) is 2.61. The molecule has 4 nitrogen and oxygen atoms in total. The highest BCUT2D eigenvalue weighted by Gasteiger charge is 2.21. The van der Waals surface area contributed by atoms with Gasteiger partial charge in [0.15, 0.2) is 0 Å². The first-order valence-electron chi connectivity index (χ1n) is 8.83. The average Bonchev–Trinajstić information content (AvgIpc) is 2.51. The second kappa shape index (κ2) is 12.5. The van der Waals surface area contributed by atoms with E-state index in [-0.39, 0.29) is 30.7 Å². The number of rotatable bonds is 7. The number of amides is 1. The van der Waals surface area contributed by atoms with Gasteiger partial charge in [0, 0.05) is 32.6 Å². The van der Waals surface area contributed by atoms with Crippen LogP contribution in [0.3, 0.4) is 0 Å². The summed E-state index contributed by atoms with van der Waals surface area (Å²) < 4.78 is 0. The lowest BCUT2D eigenvalue weighted by atomic mass is 9.91. The Balaban J connectivity index is 0.00000288. The summed E-state index contributed by atoms with van der Waals surface area (Å²) in [5.41, 5.74) is 7.91. The lowest BCUT2D eigenvalue weighted by Gasteiger charge is -2.35. The fourth-order valence-corrected chi connectivity index (χ4v) is 3.49. The van der Waals surface area contributed by atoms with Crippen LogP contribution in [0, 0.1) is 11.8 Å². The van der Waals surface area contributed by atoms with E-state index in [9.17, 15) is 4.79 Å². The van der Waals surface area contributed by atoms with Crippen molar-refractivity contribution < 1.29 is 4.79 Å². The van der Waals surface area contributed by atoms with E-state index in [4.69, 9.17) is 5.73 Å². The van der Waals surface area contributed by atoms with Crippen LogP contribution in [0.25, 0.3) is 0 Å². The standard InChI is InChI=1S/C19H31N3O.2ClH/c1-15-10-16(2)13-22(12-15)14-18-7-5-17(6-8-18)11-21-19(23)4-3-9-20;;/h5-8,15-16H,3-4,9-14,20H2,1-2H3,(H,21,23);2*1H. The van der Waals surface area contributed by atoms with Gasteiger partial charge >= 0.3 is 0 Å². The van der Waals surface area contributed by atoms with E-state index in [0.29, 0.717) is 19.5 Å². The summed E-state index contributed by atoms with van der Waals surface area (Å²) in [4.78, 5) is 14.2. The molecule has 1 aromatic carbocycles. The number of nitrogens with two attached hydrogens (primary N) is 1. The number of benzene rings is 1.